The lowest BCUT2D eigenvalue weighted by atomic mass is 9.92. The minimum atomic E-state index is -0.258. The quantitative estimate of drug-likeness (QED) is 0.549. The molecule has 0 saturated heterocycles. The highest BCUT2D eigenvalue weighted by molar-refractivity contribution is 5.93. The van der Waals surface area contributed by atoms with Crippen molar-refractivity contribution < 1.29 is 13.9 Å². The number of ether oxygens (including phenoxy) is 1. The van der Waals surface area contributed by atoms with E-state index in [0.717, 1.165) is 60.3 Å². The van der Waals surface area contributed by atoms with Crippen molar-refractivity contribution in [3.63, 3.8) is 0 Å². The minimum Gasteiger partial charge on any atom is -0.487 e. The molecule has 1 heterocycles. The maximum Gasteiger partial charge on any atom is 0.224 e. The molecule has 0 bridgehead atoms. The molecular formula is C28H37FN2O2. The number of amides is 1. The Morgan fingerprint density at radius 1 is 1.09 bits per heavy atom. The second-order valence-electron chi connectivity index (χ2n) is 11.0. The predicted molar refractivity (Wildman–Crippen MR) is 133 cm³/mol. The van der Waals surface area contributed by atoms with E-state index >= 15 is 0 Å². The normalized spacial score (nSPS) is 16.6. The molecule has 0 radical (unpaired) electrons. The van der Waals surface area contributed by atoms with Crippen LogP contribution in [0.2, 0.25) is 0 Å². The number of aryl methyl sites for hydroxylation is 3. The van der Waals surface area contributed by atoms with Crippen molar-refractivity contribution in [2.45, 2.75) is 85.8 Å². The van der Waals surface area contributed by atoms with Crippen LogP contribution >= 0.6 is 0 Å². The Kier molecular flexibility index (Phi) is 6.69. The summed E-state index contributed by atoms with van der Waals surface area (Å²) in [5.74, 6) is 0.196. The summed E-state index contributed by atoms with van der Waals surface area (Å²) in [4.78, 5) is 14.8. The fraction of sp³-hybridized carbons (Fsp3) is 0.536. The second-order valence-corrected chi connectivity index (χ2v) is 11.0. The van der Waals surface area contributed by atoms with Crippen molar-refractivity contribution in [1.82, 2.24) is 0 Å². The lowest BCUT2D eigenvalue weighted by molar-refractivity contribution is -0.117. The van der Waals surface area contributed by atoms with Crippen LogP contribution in [0.15, 0.2) is 24.3 Å². The molecular weight excluding hydrogens is 415 g/mol. The molecule has 1 N–H and O–H groups in total. The summed E-state index contributed by atoms with van der Waals surface area (Å²) in [5, 5.41) is 3.11. The van der Waals surface area contributed by atoms with Crippen LogP contribution in [-0.2, 0) is 17.8 Å². The first-order valence-electron chi connectivity index (χ1n) is 12.2. The van der Waals surface area contributed by atoms with E-state index in [4.69, 9.17) is 4.74 Å². The van der Waals surface area contributed by atoms with Crippen molar-refractivity contribution in [1.29, 1.82) is 0 Å². The molecule has 0 spiro atoms. The van der Waals surface area contributed by atoms with Crippen molar-refractivity contribution in [2.75, 3.05) is 16.8 Å². The maximum absolute atomic E-state index is 14.8. The zero-order valence-electron chi connectivity index (χ0n) is 20.7. The average molecular weight is 453 g/mol. The monoisotopic (exact) mass is 452 g/mol. The van der Waals surface area contributed by atoms with Gasteiger partial charge in [0, 0.05) is 30.9 Å². The van der Waals surface area contributed by atoms with Crippen LogP contribution in [0.1, 0.15) is 75.1 Å². The maximum atomic E-state index is 14.8. The van der Waals surface area contributed by atoms with Gasteiger partial charge in [-0.1, -0.05) is 20.8 Å². The molecule has 2 aliphatic rings. The summed E-state index contributed by atoms with van der Waals surface area (Å²) in [7, 11) is 0. The number of anilines is 2. The van der Waals surface area contributed by atoms with Gasteiger partial charge in [-0.2, -0.15) is 0 Å². The van der Waals surface area contributed by atoms with Gasteiger partial charge in [0.05, 0.1) is 6.10 Å². The smallest absolute Gasteiger partial charge is 0.224 e. The fourth-order valence-electron chi connectivity index (χ4n) is 4.73. The van der Waals surface area contributed by atoms with E-state index in [1.165, 1.54) is 12.0 Å². The molecule has 0 atom stereocenters. The standard InChI is InChI=1S/C28H37FN2O2/c1-18-12-22(13-19(2)27(18)30-26(32)16-28(3,4)5)31-11-7-8-20-15-25(33-23-9-6-10-23)24(29)14-21(20)17-31/h12-15,23H,6-11,16-17H2,1-5H3,(H,30,32). The van der Waals surface area contributed by atoms with E-state index in [-0.39, 0.29) is 23.2 Å². The third kappa shape index (κ3) is 5.69. The Bertz CT molecular complexity index is 1010. The molecule has 2 aromatic rings. The van der Waals surface area contributed by atoms with Crippen LogP contribution in [0.4, 0.5) is 15.8 Å². The summed E-state index contributed by atoms with van der Waals surface area (Å²) in [6.45, 7) is 11.9. The van der Waals surface area contributed by atoms with Gasteiger partial charge in [-0.25, -0.2) is 4.39 Å². The highest BCUT2D eigenvalue weighted by atomic mass is 19.1. The Balaban J connectivity index is 1.52. The van der Waals surface area contributed by atoms with Gasteiger partial charge >= 0.3 is 0 Å². The van der Waals surface area contributed by atoms with E-state index in [2.05, 4.69) is 43.1 Å². The topological polar surface area (TPSA) is 41.6 Å². The molecule has 1 aliphatic heterocycles. The largest absolute Gasteiger partial charge is 0.487 e. The van der Waals surface area contributed by atoms with Gasteiger partial charge in [0.2, 0.25) is 5.91 Å². The van der Waals surface area contributed by atoms with Gasteiger partial charge in [-0.15, -0.1) is 0 Å². The van der Waals surface area contributed by atoms with Crippen molar-refractivity contribution >= 4 is 17.3 Å². The average Bonchev–Trinajstić information content (AvgIpc) is 2.88. The number of fused-ring (bicyclic) bond motifs is 1. The molecule has 1 fully saturated rings. The first-order valence-corrected chi connectivity index (χ1v) is 12.2. The number of rotatable bonds is 5. The van der Waals surface area contributed by atoms with Gasteiger partial charge in [0.25, 0.3) is 0 Å². The third-order valence-corrected chi connectivity index (χ3v) is 6.67. The Morgan fingerprint density at radius 2 is 1.79 bits per heavy atom. The van der Waals surface area contributed by atoms with Crippen LogP contribution in [0.25, 0.3) is 0 Å². The molecule has 33 heavy (non-hydrogen) atoms. The van der Waals surface area contributed by atoms with Crippen LogP contribution < -0.4 is 15.0 Å². The molecule has 0 unspecified atom stereocenters. The molecule has 1 aliphatic carbocycles. The highest BCUT2D eigenvalue weighted by Gasteiger charge is 2.24. The Morgan fingerprint density at radius 3 is 2.39 bits per heavy atom. The van der Waals surface area contributed by atoms with Crippen LogP contribution in [0.3, 0.4) is 0 Å². The molecule has 4 rings (SSSR count). The number of carbonyl (C=O) groups is 1. The number of halogens is 1. The van der Waals surface area contributed by atoms with E-state index in [1.807, 2.05) is 19.9 Å². The van der Waals surface area contributed by atoms with E-state index in [9.17, 15) is 9.18 Å². The Hall–Kier alpha value is -2.56. The van der Waals surface area contributed by atoms with Crippen LogP contribution in [-0.4, -0.2) is 18.6 Å². The van der Waals surface area contributed by atoms with E-state index in [1.54, 1.807) is 6.07 Å². The lowest BCUT2D eigenvalue weighted by Gasteiger charge is -2.27. The van der Waals surface area contributed by atoms with Crippen molar-refractivity contribution in [3.05, 3.63) is 52.3 Å². The zero-order valence-corrected chi connectivity index (χ0v) is 20.7. The minimum absolute atomic E-state index is 0.0422. The molecule has 4 nitrogen and oxygen atoms in total. The number of hydrogen-bond donors (Lipinski definition) is 1. The Labute approximate surface area is 197 Å². The third-order valence-electron chi connectivity index (χ3n) is 6.67. The highest BCUT2D eigenvalue weighted by Crippen LogP contribution is 2.34. The molecule has 178 valence electrons. The number of benzene rings is 2. The number of carbonyl (C=O) groups excluding carboxylic acids is 1. The first-order chi connectivity index (χ1) is 15.6. The fourth-order valence-corrected chi connectivity index (χ4v) is 4.73. The molecule has 1 saturated carbocycles. The SMILES string of the molecule is Cc1cc(N2CCCc3cc(OC4CCC4)c(F)cc3C2)cc(C)c1NC(=O)CC(C)(C)C. The van der Waals surface area contributed by atoms with Crippen molar-refractivity contribution in [2.24, 2.45) is 5.41 Å². The summed E-state index contributed by atoms with van der Waals surface area (Å²) < 4.78 is 20.7. The van der Waals surface area contributed by atoms with E-state index in [0.29, 0.717) is 18.7 Å². The first kappa shape index (κ1) is 23.6. The van der Waals surface area contributed by atoms with Gasteiger partial charge in [0.15, 0.2) is 11.6 Å². The van der Waals surface area contributed by atoms with Gasteiger partial charge < -0.3 is 15.0 Å². The zero-order chi connectivity index (χ0) is 23.8. The van der Waals surface area contributed by atoms with Gasteiger partial charge in [-0.05, 0) is 97.9 Å². The van der Waals surface area contributed by atoms with Crippen LogP contribution in [0.5, 0.6) is 5.75 Å². The second kappa shape index (κ2) is 9.36. The van der Waals surface area contributed by atoms with E-state index < -0.39 is 0 Å². The van der Waals surface area contributed by atoms with Crippen LogP contribution in [0, 0.1) is 25.1 Å². The number of hydrogen-bond acceptors (Lipinski definition) is 3. The summed E-state index contributed by atoms with van der Waals surface area (Å²) in [6.07, 6.45) is 5.80. The molecule has 0 aromatic heterocycles. The molecule has 5 heteroatoms. The summed E-state index contributed by atoms with van der Waals surface area (Å²) >= 11 is 0. The van der Waals surface area contributed by atoms with Gasteiger partial charge in [-0.3, -0.25) is 4.79 Å². The lowest BCUT2D eigenvalue weighted by Crippen LogP contribution is -2.25. The summed E-state index contributed by atoms with van der Waals surface area (Å²) in [5.41, 5.74) is 6.27. The number of nitrogens with one attached hydrogen (secondary N) is 1. The van der Waals surface area contributed by atoms with Crippen molar-refractivity contribution in [3.8, 4) is 5.75 Å². The van der Waals surface area contributed by atoms with Gasteiger partial charge in [0.1, 0.15) is 0 Å². The molecule has 1 amide bonds. The summed E-state index contributed by atoms with van der Waals surface area (Å²) in [6, 6.07) is 7.86. The molecule has 2 aromatic carbocycles. The predicted octanol–water partition coefficient (Wildman–Crippen LogP) is 6.70. The number of nitrogens with zero attached hydrogens (tertiary/aromatic N) is 1.